The minimum atomic E-state index is -0.362. The van der Waals surface area contributed by atoms with E-state index in [9.17, 15) is 10.1 Å². The molecule has 0 spiro atoms. The summed E-state index contributed by atoms with van der Waals surface area (Å²) in [5.74, 6) is 0. The van der Waals surface area contributed by atoms with Crippen molar-refractivity contribution in [1.29, 1.82) is 0 Å². The van der Waals surface area contributed by atoms with Crippen molar-refractivity contribution >= 4 is 17.3 Å². The molecule has 20 heavy (non-hydrogen) atoms. The highest BCUT2D eigenvalue weighted by molar-refractivity contribution is 6.30. The molecule has 0 fully saturated rings. The predicted molar refractivity (Wildman–Crippen MR) is 83.2 cm³/mol. The molecule has 0 amide bonds. The number of rotatable bonds is 9. The first-order valence-corrected chi connectivity index (χ1v) is 7.58. The normalized spacial score (nSPS) is 12.3. The fraction of sp³-hybridized carbons (Fsp3) is 0.600. The van der Waals surface area contributed by atoms with Crippen molar-refractivity contribution in [3.63, 3.8) is 0 Å². The molecule has 0 aliphatic carbocycles. The van der Waals surface area contributed by atoms with E-state index >= 15 is 0 Å². The summed E-state index contributed by atoms with van der Waals surface area (Å²) < 4.78 is 0. The zero-order valence-corrected chi connectivity index (χ0v) is 12.9. The molecule has 0 saturated heterocycles. The molecule has 0 aliphatic heterocycles. The fourth-order valence-corrected chi connectivity index (χ4v) is 2.33. The van der Waals surface area contributed by atoms with Gasteiger partial charge >= 0.3 is 0 Å². The van der Waals surface area contributed by atoms with E-state index in [0.717, 1.165) is 6.42 Å². The van der Waals surface area contributed by atoms with E-state index in [4.69, 9.17) is 11.6 Å². The van der Waals surface area contributed by atoms with Crippen molar-refractivity contribution in [2.45, 2.75) is 58.5 Å². The van der Waals surface area contributed by atoms with Gasteiger partial charge in [0.05, 0.1) is 4.92 Å². The second-order valence-electron chi connectivity index (χ2n) is 5.16. The summed E-state index contributed by atoms with van der Waals surface area (Å²) in [6.07, 6.45) is 6.04. The van der Waals surface area contributed by atoms with Gasteiger partial charge in [0.1, 0.15) is 0 Å². The molecule has 1 aromatic carbocycles. The first-order valence-electron chi connectivity index (χ1n) is 7.20. The van der Waals surface area contributed by atoms with Gasteiger partial charge in [-0.15, -0.1) is 0 Å². The molecule has 5 heteroatoms. The topological polar surface area (TPSA) is 55.2 Å². The highest BCUT2D eigenvalue weighted by atomic mass is 35.5. The molecule has 1 unspecified atom stereocenters. The average molecular weight is 299 g/mol. The maximum atomic E-state index is 11.0. The van der Waals surface area contributed by atoms with Crippen LogP contribution in [0.1, 0.15) is 51.5 Å². The Hall–Kier alpha value is -1.13. The van der Waals surface area contributed by atoms with Crippen LogP contribution in [-0.4, -0.2) is 11.0 Å². The fourth-order valence-electron chi connectivity index (χ4n) is 2.14. The van der Waals surface area contributed by atoms with E-state index in [1.165, 1.54) is 31.7 Å². The lowest BCUT2D eigenvalue weighted by atomic mass is 10.1. The third kappa shape index (κ3) is 5.88. The first kappa shape index (κ1) is 16.9. The third-order valence-corrected chi connectivity index (χ3v) is 3.61. The minimum absolute atomic E-state index is 0.125. The second kappa shape index (κ2) is 8.93. The number of nitrogens with zero attached hydrogens (tertiary/aromatic N) is 1. The van der Waals surface area contributed by atoms with E-state index in [2.05, 4.69) is 19.2 Å². The van der Waals surface area contributed by atoms with E-state index < -0.39 is 0 Å². The summed E-state index contributed by atoms with van der Waals surface area (Å²) in [6, 6.07) is 5.03. The molecule has 112 valence electrons. The maximum absolute atomic E-state index is 11.0. The lowest BCUT2D eigenvalue weighted by Gasteiger charge is -2.14. The molecular weight excluding hydrogens is 276 g/mol. The smallest absolute Gasteiger partial charge is 0.273 e. The molecule has 1 aromatic rings. The number of unbranched alkanes of at least 4 members (excludes halogenated alkanes) is 3. The molecule has 0 aliphatic rings. The molecule has 1 N–H and O–H groups in total. The van der Waals surface area contributed by atoms with Crippen molar-refractivity contribution in [1.82, 2.24) is 5.32 Å². The number of hydrogen-bond donors (Lipinski definition) is 1. The van der Waals surface area contributed by atoms with Gasteiger partial charge in [0.2, 0.25) is 0 Å². The Morgan fingerprint density at radius 2 is 2.10 bits per heavy atom. The van der Waals surface area contributed by atoms with Gasteiger partial charge in [0.15, 0.2) is 0 Å². The Morgan fingerprint density at radius 1 is 1.35 bits per heavy atom. The van der Waals surface area contributed by atoms with Gasteiger partial charge in [-0.25, -0.2) is 0 Å². The van der Waals surface area contributed by atoms with Gasteiger partial charge in [0.25, 0.3) is 5.69 Å². The SMILES string of the molecule is CCCCCCC(C)NCc1cc(Cl)ccc1[N+](=O)[O-]. The van der Waals surface area contributed by atoms with Gasteiger partial charge in [0, 0.05) is 29.2 Å². The molecule has 0 radical (unpaired) electrons. The van der Waals surface area contributed by atoms with Gasteiger partial charge in [-0.05, 0) is 25.5 Å². The first-order chi connectivity index (χ1) is 9.54. The minimum Gasteiger partial charge on any atom is -0.310 e. The number of nitrogens with one attached hydrogen (secondary N) is 1. The van der Waals surface area contributed by atoms with Gasteiger partial charge in [-0.3, -0.25) is 10.1 Å². The third-order valence-electron chi connectivity index (χ3n) is 3.37. The molecule has 0 bridgehead atoms. The van der Waals surface area contributed by atoms with Crippen LogP contribution in [0, 0.1) is 10.1 Å². The Balaban J connectivity index is 2.48. The summed E-state index contributed by atoms with van der Waals surface area (Å²) in [5, 5.41) is 14.8. The number of benzene rings is 1. The second-order valence-corrected chi connectivity index (χ2v) is 5.60. The van der Waals surface area contributed by atoms with Crippen LogP contribution < -0.4 is 5.32 Å². The van der Waals surface area contributed by atoms with Crippen LogP contribution in [0.2, 0.25) is 5.02 Å². The van der Waals surface area contributed by atoms with Crippen molar-refractivity contribution in [3.8, 4) is 0 Å². The molecule has 0 aromatic heterocycles. The molecule has 4 nitrogen and oxygen atoms in total. The summed E-state index contributed by atoms with van der Waals surface area (Å²) >= 11 is 5.90. The Kier molecular flexibility index (Phi) is 7.55. The monoisotopic (exact) mass is 298 g/mol. The number of nitro benzene ring substituents is 1. The van der Waals surface area contributed by atoms with Gasteiger partial charge in [-0.1, -0.05) is 44.2 Å². The number of nitro groups is 1. The average Bonchev–Trinajstić information content (AvgIpc) is 2.41. The Labute approximate surface area is 125 Å². The van der Waals surface area contributed by atoms with Crippen LogP contribution in [0.3, 0.4) is 0 Å². The largest absolute Gasteiger partial charge is 0.310 e. The standard InChI is InChI=1S/C15H23ClN2O2/c1-3-4-5-6-7-12(2)17-11-13-10-14(16)8-9-15(13)18(19)20/h8-10,12,17H,3-7,11H2,1-2H3. The maximum Gasteiger partial charge on any atom is 0.273 e. The van der Waals surface area contributed by atoms with Crippen molar-refractivity contribution in [3.05, 3.63) is 38.9 Å². The molecule has 1 rings (SSSR count). The summed E-state index contributed by atoms with van der Waals surface area (Å²) in [5.41, 5.74) is 0.767. The van der Waals surface area contributed by atoms with Crippen LogP contribution in [0.4, 0.5) is 5.69 Å². The Bertz CT molecular complexity index is 438. The quantitative estimate of drug-likeness (QED) is 0.408. The summed E-state index contributed by atoms with van der Waals surface area (Å²) in [7, 11) is 0. The van der Waals surface area contributed by atoms with Crippen molar-refractivity contribution in [2.75, 3.05) is 0 Å². The van der Waals surface area contributed by atoms with E-state index in [1.807, 2.05) is 0 Å². The van der Waals surface area contributed by atoms with Crippen LogP contribution in [0.5, 0.6) is 0 Å². The van der Waals surface area contributed by atoms with E-state index in [0.29, 0.717) is 23.2 Å². The van der Waals surface area contributed by atoms with Crippen LogP contribution >= 0.6 is 11.6 Å². The van der Waals surface area contributed by atoms with Gasteiger partial charge in [-0.2, -0.15) is 0 Å². The zero-order valence-electron chi connectivity index (χ0n) is 12.2. The highest BCUT2D eigenvalue weighted by Crippen LogP contribution is 2.22. The van der Waals surface area contributed by atoms with Gasteiger partial charge < -0.3 is 5.32 Å². The van der Waals surface area contributed by atoms with Crippen molar-refractivity contribution < 1.29 is 4.92 Å². The van der Waals surface area contributed by atoms with E-state index in [-0.39, 0.29) is 10.6 Å². The zero-order chi connectivity index (χ0) is 15.0. The lowest BCUT2D eigenvalue weighted by molar-refractivity contribution is -0.385. The predicted octanol–water partition coefficient (Wildman–Crippen LogP) is 4.70. The highest BCUT2D eigenvalue weighted by Gasteiger charge is 2.14. The molecule has 0 heterocycles. The summed E-state index contributed by atoms with van der Waals surface area (Å²) in [4.78, 5) is 10.6. The van der Waals surface area contributed by atoms with Crippen LogP contribution in [0.15, 0.2) is 18.2 Å². The van der Waals surface area contributed by atoms with Crippen LogP contribution in [-0.2, 0) is 6.54 Å². The van der Waals surface area contributed by atoms with E-state index in [1.54, 1.807) is 12.1 Å². The Morgan fingerprint density at radius 3 is 2.75 bits per heavy atom. The number of halogens is 1. The van der Waals surface area contributed by atoms with Crippen molar-refractivity contribution in [2.24, 2.45) is 0 Å². The number of hydrogen-bond acceptors (Lipinski definition) is 3. The molecule has 1 atom stereocenters. The molecular formula is C15H23ClN2O2. The molecule has 0 saturated carbocycles. The lowest BCUT2D eigenvalue weighted by Crippen LogP contribution is -2.25. The van der Waals surface area contributed by atoms with Crippen LogP contribution in [0.25, 0.3) is 0 Å². The summed E-state index contributed by atoms with van der Waals surface area (Å²) in [6.45, 7) is 4.79.